The first-order valence-corrected chi connectivity index (χ1v) is 5.41. The van der Waals surface area contributed by atoms with Crippen LogP contribution in [0.5, 0.6) is 0 Å². The summed E-state index contributed by atoms with van der Waals surface area (Å²) in [6.45, 7) is 0. The molecule has 0 spiro atoms. The fourth-order valence-corrected chi connectivity index (χ4v) is 1.84. The number of hydrogen-bond donors (Lipinski definition) is 0. The lowest BCUT2D eigenvalue weighted by Crippen LogP contribution is -2.04. The van der Waals surface area contributed by atoms with Gasteiger partial charge in [-0.05, 0) is 29.7 Å². The minimum Gasteiger partial charge on any atom is -0.226 e. The molecule has 1 aromatic heterocycles. The third-order valence-corrected chi connectivity index (χ3v) is 2.79. The molecule has 0 fully saturated rings. The Morgan fingerprint density at radius 3 is 2.62 bits per heavy atom. The third kappa shape index (κ3) is 2.24. The summed E-state index contributed by atoms with van der Waals surface area (Å²) in [5.41, 5.74) is 1.62. The lowest BCUT2D eigenvalue weighted by atomic mass is 9.89. The first-order chi connectivity index (χ1) is 7.70. The van der Waals surface area contributed by atoms with Gasteiger partial charge in [-0.25, -0.2) is 9.97 Å². The molecule has 1 aliphatic rings. The third-order valence-electron chi connectivity index (χ3n) is 2.33. The predicted octanol–water partition coefficient (Wildman–Crippen LogP) is 3.18. The van der Waals surface area contributed by atoms with Gasteiger partial charge in [0, 0.05) is 23.0 Å². The van der Waals surface area contributed by atoms with Gasteiger partial charge in [-0.2, -0.15) is 5.26 Å². The van der Waals surface area contributed by atoms with Crippen molar-refractivity contribution in [3.05, 3.63) is 40.4 Å². The van der Waals surface area contributed by atoms with Gasteiger partial charge in [0.15, 0.2) is 0 Å². The Morgan fingerprint density at radius 1 is 1.31 bits per heavy atom. The number of halogens is 2. The Labute approximate surface area is 103 Å². The van der Waals surface area contributed by atoms with Crippen molar-refractivity contribution in [2.75, 3.05) is 0 Å². The van der Waals surface area contributed by atoms with Gasteiger partial charge in [-0.3, -0.25) is 0 Å². The van der Waals surface area contributed by atoms with Gasteiger partial charge in [0.2, 0.25) is 5.28 Å². The SMILES string of the molecule is N#CC1CC=C(Cl)C=C1c1cnc(Cl)nc1. The Hall–Kier alpha value is -1.37. The Balaban J connectivity index is 2.41. The van der Waals surface area contributed by atoms with E-state index >= 15 is 0 Å². The van der Waals surface area contributed by atoms with Crippen LogP contribution in [0.15, 0.2) is 29.6 Å². The van der Waals surface area contributed by atoms with E-state index in [4.69, 9.17) is 28.5 Å². The summed E-state index contributed by atoms with van der Waals surface area (Å²) >= 11 is 11.5. The van der Waals surface area contributed by atoms with Crippen molar-refractivity contribution < 1.29 is 0 Å². The van der Waals surface area contributed by atoms with Gasteiger partial charge >= 0.3 is 0 Å². The summed E-state index contributed by atoms with van der Waals surface area (Å²) in [5.74, 6) is -0.202. The van der Waals surface area contributed by atoms with Crippen LogP contribution in [0.25, 0.3) is 5.57 Å². The van der Waals surface area contributed by atoms with Crippen LogP contribution in [-0.2, 0) is 0 Å². The van der Waals surface area contributed by atoms with Crippen LogP contribution in [0.3, 0.4) is 0 Å². The Bertz CT molecular complexity index is 497. The first-order valence-electron chi connectivity index (χ1n) is 4.65. The zero-order chi connectivity index (χ0) is 11.5. The highest BCUT2D eigenvalue weighted by Crippen LogP contribution is 2.32. The molecule has 16 heavy (non-hydrogen) atoms. The second-order valence-corrected chi connectivity index (χ2v) is 4.12. The number of hydrogen-bond acceptors (Lipinski definition) is 3. The Kier molecular flexibility index (Phi) is 3.23. The molecule has 1 heterocycles. The minimum atomic E-state index is -0.202. The minimum absolute atomic E-state index is 0.190. The maximum absolute atomic E-state index is 9.03. The van der Waals surface area contributed by atoms with E-state index in [1.54, 1.807) is 18.5 Å². The van der Waals surface area contributed by atoms with E-state index in [2.05, 4.69) is 16.0 Å². The highest BCUT2D eigenvalue weighted by molar-refractivity contribution is 6.31. The van der Waals surface area contributed by atoms with Gasteiger partial charge in [-0.15, -0.1) is 0 Å². The molecule has 0 aromatic carbocycles. The molecule has 1 aromatic rings. The van der Waals surface area contributed by atoms with Crippen LogP contribution < -0.4 is 0 Å². The van der Waals surface area contributed by atoms with Crippen molar-refractivity contribution in [1.82, 2.24) is 9.97 Å². The van der Waals surface area contributed by atoms with Gasteiger partial charge in [0.05, 0.1) is 12.0 Å². The van der Waals surface area contributed by atoms with Gasteiger partial charge in [0.1, 0.15) is 0 Å². The summed E-state index contributed by atoms with van der Waals surface area (Å²) in [4.78, 5) is 7.78. The van der Waals surface area contributed by atoms with Crippen molar-refractivity contribution in [2.24, 2.45) is 5.92 Å². The molecule has 0 saturated heterocycles. The first kappa shape index (κ1) is 11.1. The van der Waals surface area contributed by atoms with Crippen molar-refractivity contribution in [2.45, 2.75) is 6.42 Å². The average molecular weight is 252 g/mol. The number of allylic oxidation sites excluding steroid dienone is 4. The summed E-state index contributed by atoms with van der Waals surface area (Å²) in [7, 11) is 0. The summed E-state index contributed by atoms with van der Waals surface area (Å²) in [5, 5.41) is 9.86. The van der Waals surface area contributed by atoms with Crippen molar-refractivity contribution in [1.29, 1.82) is 5.26 Å². The molecule has 80 valence electrons. The molecule has 3 nitrogen and oxygen atoms in total. The number of nitriles is 1. The molecular formula is C11H7Cl2N3. The van der Waals surface area contributed by atoms with E-state index in [1.807, 2.05) is 6.08 Å². The number of aromatic nitrogens is 2. The molecule has 0 aliphatic heterocycles. The smallest absolute Gasteiger partial charge is 0.222 e. The van der Waals surface area contributed by atoms with E-state index in [0.29, 0.717) is 11.5 Å². The zero-order valence-electron chi connectivity index (χ0n) is 8.19. The lowest BCUT2D eigenvalue weighted by Gasteiger charge is -2.15. The van der Waals surface area contributed by atoms with Gasteiger partial charge in [0.25, 0.3) is 0 Å². The van der Waals surface area contributed by atoms with E-state index in [0.717, 1.165) is 11.1 Å². The molecule has 2 rings (SSSR count). The Morgan fingerprint density at radius 2 is 2.00 bits per heavy atom. The second kappa shape index (κ2) is 4.65. The standard InChI is InChI=1S/C11H7Cl2N3/c12-9-2-1-7(4-14)10(3-9)8-5-15-11(13)16-6-8/h2-3,5-7H,1H2. The summed E-state index contributed by atoms with van der Waals surface area (Å²) in [6.07, 6.45) is 7.41. The van der Waals surface area contributed by atoms with E-state index in [9.17, 15) is 0 Å². The van der Waals surface area contributed by atoms with Crippen LogP contribution in [0.1, 0.15) is 12.0 Å². The van der Waals surface area contributed by atoms with Crippen LogP contribution in [-0.4, -0.2) is 9.97 Å². The fraction of sp³-hybridized carbons (Fsp3) is 0.182. The molecule has 0 amide bonds. The summed E-state index contributed by atoms with van der Waals surface area (Å²) in [6, 6.07) is 2.23. The predicted molar refractivity (Wildman–Crippen MR) is 62.7 cm³/mol. The molecule has 5 heteroatoms. The topological polar surface area (TPSA) is 49.6 Å². The molecule has 0 radical (unpaired) electrons. The van der Waals surface area contributed by atoms with Crippen molar-refractivity contribution in [3.63, 3.8) is 0 Å². The molecule has 0 saturated carbocycles. The average Bonchev–Trinajstić information content (AvgIpc) is 2.30. The molecule has 1 unspecified atom stereocenters. The van der Waals surface area contributed by atoms with Crippen molar-refractivity contribution >= 4 is 28.8 Å². The normalized spacial score (nSPS) is 19.7. The van der Waals surface area contributed by atoms with E-state index in [1.165, 1.54) is 0 Å². The maximum atomic E-state index is 9.03. The highest BCUT2D eigenvalue weighted by atomic mass is 35.5. The van der Waals surface area contributed by atoms with Gasteiger partial charge in [-0.1, -0.05) is 17.7 Å². The van der Waals surface area contributed by atoms with Crippen molar-refractivity contribution in [3.8, 4) is 6.07 Å². The number of nitrogens with zero attached hydrogens (tertiary/aromatic N) is 3. The van der Waals surface area contributed by atoms with Crippen LogP contribution in [0.2, 0.25) is 5.28 Å². The zero-order valence-corrected chi connectivity index (χ0v) is 9.70. The van der Waals surface area contributed by atoms with Gasteiger partial charge < -0.3 is 0 Å². The summed E-state index contributed by atoms with van der Waals surface area (Å²) < 4.78 is 0. The molecule has 1 atom stereocenters. The molecule has 1 aliphatic carbocycles. The van der Waals surface area contributed by atoms with Crippen LogP contribution in [0, 0.1) is 17.2 Å². The van der Waals surface area contributed by atoms with E-state index < -0.39 is 0 Å². The van der Waals surface area contributed by atoms with E-state index in [-0.39, 0.29) is 11.2 Å². The molecule has 0 N–H and O–H groups in total. The van der Waals surface area contributed by atoms with Crippen LogP contribution in [0.4, 0.5) is 0 Å². The largest absolute Gasteiger partial charge is 0.226 e. The van der Waals surface area contributed by atoms with Crippen LogP contribution >= 0.6 is 23.2 Å². The highest BCUT2D eigenvalue weighted by Gasteiger charge is 2.19. The molecule has 0 bridgehead atoms. The lowest BCUT2D eigenvalue weighted by molar-refractivity contribution is 0.854. The fourth-order valence-electron chi connectivity index (χ4n) is 1.53. The monoisotopic (exact) mass is 251 g/mol. The number of rotatable bonds is 1. The molecular weight excluding hydrogens is 245 g/mol. The maximum Gasteiger partial charge on any atom is 0.222 e. The quantitative estimate of drug-likeness (QED) is 0.721. The second-order valence-electron chi connectivity index (χ2n) is 3.35.